The fourth-order valence-electron chi connectivity index (χ4n) is 1.16. The van der Waals surface area contributed by atoms with Gasteiger partial charge in [-0.3, -0.25) is 4.98 Å². The van der Waals surface area contributed by atoms with Gasteiger partial charge in [0, 0.05) is 24.8 Å². The number of halogens is 1. The van der Waals surface area contributed by atoms with Crippen molar-refractivity contribution in [2.75, 3.05) is 0 Å². The monoisotopic (exact) mass is 210 g/mol. The van der Waals surface area contributed by atoms with Crippen molar-refractivity contribution in [3.05, 3.63) is 29.1 Å². The van der Waals surface area contributed by atoms with Crippen LogP contribution in [0.2, 0.25) is 0 Å². The Kier molecular flexibility index (Phi) is 1.46. The summed E-state index contributed by atoms with van der Waals surface area (Å²) in [6.45, 7) is 0. The van der Waals surface area contributed by atoms with Gasteiger partial charge < -0.3 is 4.57 Å². The molecule has 2 aromatic rings. The molecule has 0 atom stereocenters. The van der Waals surface area contributed by atoms with E-state index in [1.165, 1.54) is 10.9 Å². The van der Waals surface area contributed by atoms with Crippen LogP contribution < -0.4 is 0 Å². The zero-order chi connectivity index (χ0) is 7.84. The number of pyridine rings is 1. The molecule has 56 valence electrons. The Morgan fingerprint density at radius 3 is 3.09 bits per heavy atom. The second-order valence-electron chi connectivity index (χ2n) is 2.46. The first-order valence-corrected chi connectivity index (χ1v) is 4.13. The van der Waals surface area contributed by atoms with E-state index in [0.29, 0.717) is 0 Å². The van der Waals surface area contributed by atoms with Gasteiger partial charge in [0.1, 0.15) is 0 Å². The highest BCUT2D eigenvalue weighted by Crippen LogP contribution is 2.20. The number of hydrogen-bond acceptors (Lipinski definition) is 1. The minimum atomic E-state index is 1.08. The third-order valence-electron chi connectivity index (χ3n) is 1.78. The molecule has 0 saturated carbocycles. The maximum atomic E-state index is 4.03. The van der Waals surface area contributed by atoms with E-state index in [1.54, 1.807) is 6.20 Å². The Hall–Kier alpha value is -0.830. The maximum absolute atomic E-state index is 4.03. The van der Waals surface area contributed by atoms with Gasteiger partial charge in [-0.05, 0) is 28.1 Å². The van der Waals surface area contributed by atoms with E-state index >= 15 is 0 Å². The molecule has 2 aromatic heterocycles. The zero-order valence-corrected chi connectivity index (χ0v) is 7.67. The van der Waals surface area contributed by atoms with Crippen molar-refractivity contribution in [1.29, 1.82) is 0 Å². The molecule has 0 N–H and O–H groups in total. The van der Waals surface area contributed by atoms with Gasteiger partial charge in [0.05, 0.1) is 10.1 Å². The molecule has 0 fully saturated rings. The molecule has 2 rings (SSSR count). The summed E-state index contributed by atoms with van der Waals surface area (Å²) in [5.74, 6) is 0. The number of nitrogens with zero attached hydrogens (tertiary/aromatic N) is 2. The first-order chi connectivity index (χ1) is 5.29. The predicted molar refractivity (Wildman–Crippen MR) is 48.4 cm³/mol. The molecule has 0 aliphatic rings. The summed E-state index contributed by atoms with van der Waals surface area (Å²) >= 11 is 3.44. The average molecular weight is 211 g/mol. The Bertz CT molecular complexity index is 392. The molecule has 0 amide bonds. The number of rotatable bonds is 0. The molecule has 3 heteroatoms. The first-order valence-electron chi connectivity index (χ1n) is 3.34. The second-order valence-corrected chi connectivity index (χ2v) is 3.27. The van der Waals surface area contributed by atoms with Crippen molar-refractivity contribution in [1.82, 2.24) is 9.55 Å². The highest BCUT2D eigenvalue weighted by molar-refractivity contribution is 9.10. The van der Waals surface area contributed by atoms with E-state index in [-0.39, 0.29) is 0 Å². The number of fused-ring (bicyclic) bond motifs is 1. The Labute approximate surface area is 73.0 Å². The van der Waals surface area contributed by atoms with Gasteiger partial charge in [-0.1, -0.05) is 0 Å². The Morgan fingerprint density at radius 2 is 2.36 bits per heavy atom. The second kappa shape index (κ2) is 2.34. The molecule has 0 aliphatic carbocycles. The summed E-state index contributed by atoms with van der Waals surface area (Å²) in [4.78, 5) is 4.03. The molecule has 0 radical (unpaired) electrons. The Balaban J connectivity index is 2.92. The Morgan fingerprint density at radius 1 is 1.55 bits per heavy atom. The lowest BCUT2D eigenvalue weighted by molar-refractivity contribution is 0.940. The van der Waals surface area contributed by atoms with Gasteiger partial charge in [-0.25, -0.2) is 0 Å². The molecule has 0 aliphatic heterocycles. The lowest BCUT2D eigenvalue weighted by Gasteiger charge is -1.94. The molecular formula is C8H7BrN2. The third kappa shape index (κ3) is 0.959. The molecule has 0 unspecified atom stereocenters. The van der Waals surface area contributed by atoms with E-state index in [9.17, 15) is 0 Å². The fourth-order valence-corrected chi connectivity index (χ4v) is 1.59. The number of aromatic nitrogens is 2. The minimum absolute atomic E-state index is 1.08. The van der Waals surface area contributed by atoms with E-state index in [2.05, 4.69) is 31.5 Å². The molecule has 0 spiro atoms. The van der Waals surface area contributed by atoms with Crippen LogP contribution in [0, 0.1) is 0 Å². The predicted octanol–water partition coefficient (Wildman–Crippen LogP) is 2.34. The van der Waals surface area contributed by atoms with Crippen LogP contribution in [0.5, 0.6) is 0 Å². The van der Waals surface area contributed by atoms with Crippen LogP contribution in [0.25, 0.3) is 10.9 Å². The zero-order valence-electron chi connectivity index (χ0n) is 6.08. The van der Waals surface area contributed by atoms with Crippen molar-refractivity contribution in [3.8, 4) is 0 Å². The van der Waals surface area contributed by atoms with Crippen molar-refractivity contribution in [2.24, 2.45) is 7.05 Å². The van der Waals surface area contributed by atoms with Gasteiger partial charge >= 0.3 is 0 Å². The quantitative estimate of drug-likeness (QED) is 0.653. The van der Waals surface area contributed by atoms with Crippen LogP contribution in [-0.2, 0) is 7.05 Å². The van der Waals surface area contributed by atoms with Gasteiger partial charge in [-0.15, -0.1) is 0 Å². The summed E-state index contributed by atoms with van der Waals surface area (Å²) in [5, 5.41) is 1.17. The van der Waals surface area contributed by atoms with E-state index < -0.39 is 0 Å². The lowest BCUT2D eigenvalue weighted by Crippen LogP contribution is -1.85. The van der Waals surface area contributed by atoms with Crippen molar-refractivity contribution in [2.45, 2.75) is 0 Å². The van der Waals surface area contributed by atoms with Crippen LogP contribution in [0.15, 0.2) is 29.1 Å². The molecule has 0 saturated heterocycles. The maximum Gasteiger partial charge on any atom is 0.0855 e. The number of aryl methyl sites for hydroxylation is 1. The van der Waals surface area contributed by atoms with Crippen molar-refractivity contribution in [3.63, 3.8) is 0 Å². The topological polar surface area (TPSA) is 17.8 Å². The van der Waals surface area contributed by atoms with E-state index in [1.807, 2.05) is 19.3 Å². The van der Waals surface area contributed by atoms with Crippen LogP contribution in [0.1, 0.15) is 0 Å². The summed E-state index contributed by atoms with van der Waals surface area (Å²) in [7, 11) is 2.02. The fraction of sp³-hybridized carbons (Fsp3) is 0.125. The van der Waals surface area contributed by atoms with Crippen LogP contribution in [0.4, 0.5) is 0 Å². The molecule has 2 nitrogen and oxygen atoms in total. The lowest BCUT2D eigenvalue weighted by atomic mass is 10.3. The highest BCUT2D eigenvalue weighted by Gasteiger charge is 2.00. The van der Waals surface area contributed by atoms with Crippen LogP contribution in [-0.4, -0.2) is 9.55 Å². The number of hydrogen-bond donors (Lipinski definition) is 0. The van der Waals surface area contributed by atoms with Gasteiger partial charge in [0.15, 0.2) is 0 Å². The smallest absolute Gasteiger partial charge is 0.0855 e. The van der Waals surface area contributed by atoms with Gasteiger partial charge in [0.2, 0.25) is 0 Å². The van der Waals surface area contributed by atoms with Crippen molar-refractivity contribution >= 4 is 26.8 Å². The molecule has 2 heterocycles. The normalized spacial score (nSPS) is 10.7. The molecule has 11 heavy (non-hydrogen) atoms. The van der Waals surface area contributed by atoms with Crippen molar-refractivity contribution < 1.29 is 0 Å². The van der Waals surface area contributed by atoms with E-state index in [0.717, 1.165) is 4.60 Å². The van der Waals surface area contributed by atoms with E-state index in [4.69, 9.17) is 0 Å². The average Bonchev–Trinajstić information content (AvgIpc) is 2.30. The summed E-state index contributed by atoms with van der Waals surface area (Å²) in [6, 6.07) is 4.06. The van der Waals surface area contributed by atoms with Crippen LogP contribution in [0.3, 0.4) is 0 Å². The summed E-state index contributed by atoms with van der Waals surface area (Å²) < 4.78 is 3.16. The molecule has 0 bridgehead atoms. The van der Waals surface area contributed by atoms with Gasteiger partial charge in [-0.2, -0.15) is 0 Å². The SMILES string of the molecule is Cn1c(Br)cc2cnccc21. The highest BCUT2D eigenvalue weighted by atomic mass is 79.9. The standard InChI is InChI=1S/C8H7BrN2/c1-11-7-2-3-10-5-6(7)4-8(11)9/h2-5H,1H3. The van der Waals surface area contributed by atoms with Gasteiger partial charge in [0.25, 0.3) is 0 Å². The van der Waals surface area contributed by atoms with Crippen LogP contribution >= 0.6 is 15.9 Å². The summed E-state index contributed by atoms with van der Waals surface area (Å²) in [5.41, 5.74) is 1.20. The third-order valence-corrected chi connectivity index (χ3v) is 2.55. The minimum Gasteiger partial charge on any atom is -0.338 e. The largest absolute Gasteiger partial charge is 0.338 e. The molecular weight excluding hydrogens is 204 g/mol. The first kappa shape index (κ1) is 6.85. The molecule has 0 aromatic carbocycles. The summed E-state index contributed by atoms with van der Waals surface area (Å²) in [6.07, 6.45) is 3.66.